The van der Waals surface area contributed by atoms with Crippen LogP contribution in [0.1, 0.15) is 28.5 Å². The van der Waals surface area contributed by atoms with E-state index in [0.29, 0.717) is 28.7 Å². The van der Waals surface area contributed by atoms with E-state index in [-0.39, 0.29) is 23.6 Å². The second kappa shape index (κ2) is 8.10. The largest absolute Gasteiger partial charge is 0.573 e. The van der Waals surface area contributed by atoms with Crippen molar-refractivity contribution in [2.24, 2.45) is 0 Å². The molecule has 0 saturated carbocycles. The van der Waals surface area contributed by atoms with Gasteiger partial charge < -0.3 is 15.2 Å². The average Bonchev–Trinajstić information content (AvgIpc) is 2.92. The van der Waals surface area contributed by atoms with Crippen molar-refractivity contribution < 1.29 is 32.6 Å². The van der Waals surface area contributed by atoms with Crippen molar-refractivity contribution in [3.05, 3.63) is 59.3 Å². The monoisotopic (exact) mass is 420 g/mol. The fourth-order valence-electron chi connectivity index (χ4n) is 3.30. The number of nitrogens with zero attached hydrogens (tertiary/aromatic N) is 1. The third kappa shape index (κ3) is 4.40. The first kappa shape index (κ1) is 21.2. The number of hydrogen-bond acceptors (Lipinski definition) is 4. The highest BCUT2D eigenvalue weighted by Crippen LogP contribution is 2.31. The molecule has 0 bridgehead atoms. The van der Waals surface area contributed by atoms with Crippen molar-refractivity contribution in [3.8, 4) is 11.5 Å². The highest BCUT2D eigenvalue weighted by molar-refractivity contribution is 6.05. The van der Waals surface area contributed by atoms with E-state index in [1.165, 1.54) is 28.8 Å². The summed E-state index contributed by atoms with van der Waals surface area (Å²) in [5.41, 5.74) is 1.70. The van der Waals surface area contributed by atoms with E-state index in [9.17, 15) is 27.9 Å². The third-order valence-electron chi connectivity index (χ3n) is 4.57. The van der Waals surface area contributed by atoms with Crippen molar-refractivity contribution in [1.82, 2.24) is 9.88 Å². The first-order chi connectivity index (χ1) is 14.1. The average molecular weight is 420 g/mol. The Labute approximate surface area is 169 Å². The zero-order valence-electron chi connectivity index (χ0n) is 16.2. The number of aromatic hydroxyl groups is 1. The number of nitrogens with one attached hydrogen (secondary N) is 1. The van der Waals surface area contributed by atoms with Gasteiger partial charge in [0.25, 0.3) is 5.91 Å². The smallest absolute Gasteiger partial charge is 0.508 e. The molecule has 2 aromatic carbocycles. The number of phenols is 1. The minimum absolute atomic E-state index is 0.0122. The van der Waals surface area contributed by atoms with Crippen molar-refractivity contribution in [1.29, 1.82) is 0 Å². The number of halogens is 3. The van der Waals surface area contributed by atoms with Crippen LogP contribution in [0.25, 0.3) is 10.9 Å². The van der Waals surface area contributed by atoms with Gasteiger partial charge in [-0.25, -0.2) is 0 Å². The molecule has 0 radical (unpaired) electrons. The van der Waals surface area contributed by atoms with Gasteiger partial charge in [0, 0.05) is 23.2 Å². The Morgan fingerprint density at radius 3 is 2.40 bits per heavy atom. The van der Waals surface area contributed by atoms with Crippen molar-refractivity contribution >= 4 is 22.7 Å². The molecule has 2 N–H and O–H groups in total. The van der Waals surface area contributed by atoms with E-state index in [2.05, 4.69) is 10.1 Å². The molecule has 30 heavy (non-hydrogen) atoms. The lowest BCUT2D eigenvalue weighted by Gasteiger charge is -2.10. The minimum atomic E-state index is -4.82. The van der Waals surface area contributed by atoms with E-state index in [0.717, 1.165) is 12.1 Å². The number of carbonyl (C=O) groups is 2. The molecule has 0 fully saturated rings. The Bertz CT molecular complexity index is 1100. The SMILES string of the molecule is CCNC(=O)Cc1c(C)n(C(=O)c2ccc(OC(F)(F)F)cc2)c2ccc(O)cc12. The standard InChI is InChI=1S/C21H19F3N2O4/c1-3-25-19(28)11-16-12(2)26(18-9-6-14(27)10-17(16)18)20(29)13-4-7-15(8-5-13)30-21(22,23)24/h4-10,27H,3,11H2,1-2H3,(H,25,28). The Kier molecular flexibility index (Phi) is 5.73. The molecule has 0 spiro atoms. The Hall–Kier alpha value is -3.49. The summed E-state index contributed by atoms with van der Waals surface area (Å²) in [5, 5.41) is 13.1. The second-order valence-corrected chi connectivity index (χ2v) is 6.61. The molecule has 0 unspecified atom stereocenters. The molecule has 158 valence electrons. The first-order valence-corrected chi connectivity index (χ1v) is 9.11. The highest BCUT2D eigenvalue weighted by atomic mass is 19.4. The van der Waals surface area contributed by atoms with Crippen LogP contribution in [-0.4, -0.2) is 34.4 Å². The fraction of sp³-hybridized carbons (Fsp3) is 0.238. The van der Waals surface area contributed by atoms with Gasteiger partial charge in [-0.3, -0.25) is 14.2 Å². The fourth-order valence-corrected chi connectivity index (χ4v) is 3.30. The molecule has 0 aliphatic heterocycles. The molecule has 0 aliphatic carbocycles. The molecule has 1 aromatic heterocycles. The number of alkyl halides is 3. The summed E-state index contributed by atoms with van der Waals surface area (Å²) in [5.74, 6) is -1.17. The topological polar surface area (TPSA) is 80.6 Å². The van der Waals surface area contributed by atoms with Gasteiger partial charge in [-0.2, -0.15) is 0 Å². The first-order valence-electron chi connectivity index (χ1n) is 9.11. The lowest BCUT2D eigenvalue weighted by atomic mass is 10.1. The summed E-state index contributed by atoms with van der Waals surface area (Å²) in [7, 11) is 0. The molecule has 1 heterocycles. The summed E-state index contributed by atoms with van der Waals surface area (Å²) in [4.78, 5) is 25.2. The number of benzene rings is 2. The van der Waals surface area contributed by atoms with Gasteiger partial charge in [0.2, 0.25) is 5.91 Å². The van der Waals surface area contributed by atoms with E-state index in [1.807, 2.05) is 0 Å². The molecule has 9 heteroatoms. The number of aromatic nitrogens is 1. The molecule has 3 aromatic rings. The van der Waals surface area contributed by atoms with Crippen molar-refractivity contribution in [2.75, 3.05) is 6.54 Å². The summed E-state index contributed by atoms with van der Waals surface area (Å²) in [6, 6.07) is 9.03. The van der Waals surface area contributed by atoms with E-state index < -0.39 is 18.0 Å². The van der Waals surface area contributed by atoms with Crippen molar-refractivity contribution in [2.45, 2.75) is 26.6 Å². The highest BCUT2D eigenvalue weighted by Gasteiger charge is 2.31. The molecule has 0 aliphatic rings. The number of amides is 1. The summed E-state index contributed by atoms with van der Waals surface area (Å²) in [6.45, 7) is 3.91. The maximum atomic E-state index is 13.1. The van der Waals surface area contributed by atoms with Gasteiger partial charge in [0.15, 0.2) is 0 Å². The molecule has 6 nitrogen and oxygen atoms in total. The van der Waals surface area contributed by atoms with Crippen molar-refractivity contribution in [3.63, 3.8) is 0 Å². The Morgan fingerprint density at radius 1 is 1.13 bits per heavy atom. The molecule has 0 atom stereocenters. The van der Waals surface area contributed by atoms with E-state index in [4.69, 9.17) is 0 Å². The van der Waals surface area contributed by atoms with Gasteiger partial charge in [0.1, 0.15) is 11.5 Å². The number of carbonyl (C=O) groups excluding carboxylic acids is 2. The number of phenolic OH excluding ortho intramolecular Hbond substituents is 1. The van der Waals surface area contributed by atoms with Crippen LogP contribution in [0.3, 0.4) is 0 Å². The van der Waals surface area contributed by atoms with Gasteiger partial charge in [0.05, 0.1) is 11.9 Å². The maximum Gasteiger partial charge on any atom is 0.573 e. The van der Waals surface area contributed by atoms with Gasteiger partial charge >= 0.3 is 6.36 Å². The number of likely N-dealkylation sites (N-methyl/N-ethyl adjacent to an activating group) is 1. The molecular weight excluding hydrogens is 401 g/mol. The second-order valence-electron chi connectivity index (χ2n) is 6.61. The van der Waals surface area contributed by atoms with Crippen LogP contribution < -0.4 is 10.1 Å². The van der Waals surface area contributed by atoms with Gasteiger partial charge in [-0.05, 0) is 61.9 Å². The van der Waals surface area contributed by atoms with E-state index >= 15 is 0 Å². The quantitative estimate of drug-likeness (QED) is 0.656. The third-order valence-corrected chi connectivity index (χ3v) is 4.57. The number of hydrogen-bond donors (Lipinski definition) is 2. The van der Waals surface area contributed by atoms with Crippen LogP contribution in [0.2, 0.25) is 0 Å². The lowest BCUT2D eigenvalue weighted by Crippen LogP contribution is -2.24. The Balaban J connectivity index is 2.04. The summed E-state index contributed by atoms with van der Waals surface area (Å²) >= 11 is 0. The van der Waals surface area contributed by atoms with Crippen LogP contribution in [0, 0.1) is 6.92 Å². The summed E-state index contributed by atoms with van der Waals surface area (Å²) < 4.78 is 42.2. The number of fused-ring (bicyclic) bond motifs is 1. The molecule has 0 saturated heterocycles. The minimum Gasteiger partial charge on any atom is -0.508 e. The number of rotatable bonds is 5. The van der Waals surface area contributed by atoms with Gasteiger partial charge in [-0.15, -0.1) is 13.2 Å². The van der Waals surface area contributed by atoms with Crippen LogP contribution in [0.15, 0.2) is 42.5 Å². The van der Waals surface area contributed by atoms with Crippen LogP contribution >= 0.6 is 0 Å². The normalized spacial score (nSPS) is 11.5. The maximum absolute atomic E-state index is 13.1. The summed E-state index contributed by atoms with van der Waals surface area (Å²) in [6.07, 6.45) is -4.81. The predicted octanol–water partition coefficient (Wildman–Crippen LogP) is 3.92. The lowest BCUT2D eigenvalue weighted by molar-refractivity contribution is -0.274. The Morgan fingerprint density at radius 2 is 1.80 bits per heavy atom. The predicted molar refractivity (Wildman–Crippen MR) is 104 cm³/mol. The molecule has 3 rings (SSSR count). The van der Waals surface area contributed by atoms with E-state index in [1.54, 1.807) is 19.9 Å². The van der Waals surface area contributed by atoms with Crippen LogP contribution in [0.5, 0.6) is 11.5 Å². The molecular formula is C21H19F3N2O4. The van der Waals surface area contributed by atoms with Crippen LogP contribution in [-0.2, 0) is 11.2 Å². The number of ether oxygens (including phenoxy) is 1. The van der Waals surface area contributed by atoms with Crippen LogP contribution in [0.4, 0.5) is 13.2 Å². The zero-order valence-corrected chi connectivity index (χ0v) is 16.2. The molecule has 1 amide bonds. The van der Waals surface area contributed by atoms with Gasteiger partial charge in [-0.1, -0.05) is 0 Å². The zero-order chi connectivity index (χ0) is 22.1.